The van der Waals surface area contributed by atoms with Crippen molar-refractivity contribution in [1.29, 1.82) is 0 Å². The summed E-state index contributed by atoms with van der Waals surface area (Å²) in [5, 5.41) is 5.07. The topological polar surface area (TPSA) is 70.9 Å². The number of hydrogen-bond acceptors (Lipinski definition) is 3. The molecule has 0 fully saturated rings. The molecule has 2 aromatic carbocycles. The highest BCUT2D eigenvalue weighted by Crippen LogP contribution is 2.44. The largest absolute Gasteiger partial charge is 0.493 e. The van der Waals surface area contributed by atoms with Crippen LogP contribution in [0.25, 0.3) is 32.5 Å². The minimum atomic E-state index is 0.215. The molecule has 3 rings (SSSR count). The van der Waals surface area contributed by atoms with Gasteiger partial charge in [-0.3, -0.25) is 0 Å². The van der Waals surface area contributed by atoms with E-state index < -0.39 is 0 Å². The van der Waals surface area contributed by atoms with Gasteiger partial charge in [0.05, 0.1) is 17.8 Å². The molecular weight excluding hydrogens is 335 g/mol. The van der Waals surface area contributed by atoms with Gasteiger partial charge in [-0.25, -0.2) is 4.98 Å². The summed E-state index contributed by atoms with van der Waals surface area (Å²) in [6, 6.07) is 12.8. The molecule has 23 heavy (non-hydrogen) atoms. The Bertz CT molecular complexity index is 938. The number of rotatable bonds is 3. The SMILES string of the molecule is COc1c(Cl)ccc2c(N=[N+]=[N-])c(-c3ccccc3)c(Cl)nc12. The van der Waals surface area contributed by atoms with E-state index in [-0.39, 0.29) is 5.15 Å². The summed E-state index contributed by atoms with van der Waals surface area (Å²) < 4.78 is 5.30. The summed E-state index contributed by atoms with van der Waals surface area (Å²) in [4.78, 5) is 7.33. The monoisotopic (exact) mass is 344 g/mol. The van der Waals surface area contributed by atoms with Crippen LogP contribution in [0.4, 0.5) is 5.69 Å². The standard InChI is InChI=1S/C16H10Cl2N4O/c1-23-15-11(17)8-7-10-13(21-22-19)12(16(18)20-14(10)15)9-5-3-2-4-6-9/h2-8H,1H3. The molecule has 0 bridgehead atoms. The number of methoxy groups -OCH3 is 1. The highest BCUT2D eigenvalue weighted by atomic mass is 35.5. The first-order valence-corrected chi connectivity index (χ1v) is 7.39. The molecule has 0 saturated carbocycles. The molecule has 0 saturated heterocycles. The van der Waals surface area contributed by atoms with Gasteiger partial charge in [-0.1, -0.05) is 64.7 Å². The van der Waals surface area contributed by atoms with Gasteiger partial charge >= 0.3 is 0 Å². The zero-order valence-corrected chi connectivity index (χ0v) is 13.5. The first-order chi connectivity index (χ1) is 11.2. The van der Waals surface area contributed by atoms with Crippen LogP contribution in [-0.4, -0.2) is 12.1 Å². The number of ether oxygens (including phenoxy) is 1. The van der Waals surface area contributed by atoms with Gasteiger partial charge in [0.15, 0.2) is 5.75 Å². The molecule has 0 unspecified atom stereocenters. The Balaban J connectivity index is 2.47. The van der Waals surface area contributed by atoms with Crippen molar-refractivity contribution in [2.24, 2.45) is 5.11 Å². The van der Waals surface area contributed by atoms with Crippen molar-refractivity contribution in [2.75, 3.05) is 7.11 Å². The Morgan fingerprint density at radius 3 is 2.52 bits per heavy atom. The second kappa shape index (κ2) is 6.34. The lowest BCUT2D eigenvalue weighted by molar-refractivity contribution is 0.419. The third-order valence-electron chi connectivity index (χ3n) is 3.40. The predicted molar refractivity (Wildman–Crippen MR) is 92.6 cm³/mol. The van der Waals surface area contributed by atoms with Gasteiger partial charge in [0, 0.05) is 15.9 Å². The summed E-state index contributed by atoms with van der Waals surface area (Å²) in [6.07, 6.45) is 0. The lowest BCUT2D eigenvalue weighted by Gasteiger charge is -2.13. The van der Waals surface area contributed by atoms with Crippen molar-refractivity contribution >= 4 is 39.8 Å². The van der Waals surface area contributed by atoms with E-state index in [1.165, 1.54) is 7.11 Å². The molecule has 0 amide bonds. The number of aromatic nitrogens is 1. The van der Waals surface area contributed by atoms with E-state index in [2.05, 4.69) is 15.0 Å². The van der Waals surface area contributed by atoms with E-state index in [1.807, 2.05) is 30.3 Å². The average Bonchev–Trinajstić information content (AvgIpc) is 2.56. The molecule has 0 aliphatic rings. The van der Waals surface area contributed by atoms with Crippen molar-refractivity contribution in [3.05, 3.63) is 63.1 Å². The quantitative estimate of drug-likeness (QED) is 0.247. The third-order valence-corrected chi connectivity index (χ3v) is 3.97. The lowest BCUT2D eigenvalue weighted by Crippen LogP contribution is -1.92. The van der Waals surface area contributed by atoms with Crippen molar-refractivity contribution in [3.63, 3.8) is 0 Å². The van der Waals surface area contributed by atoms with Crippen molar-refractivity contribution in [2.45, 2.75) is 0 Å². The van der Waals surface area contributed by atoms with Crippen molar-refractivity contribution in [1.82, 2.24) is 4.98 Å². The molecule has 0 N–H and O–H groups in total. The van der Waals surface area contributed by atoms with Crippen LogP contribution in [0.3, 0.4) is 0 Å². The number of azide groups is 1. The molecule has 0 aliphatic carbocycles. The molecule has 0 spiro atoms. The maximum absolute atomic E-state index is 8.96. The fourth-order valence-electron chi connectivity index (χ4n) is 2.44. The summed E-state index contributed by atoms with van der Waals surface area (Å²) in [7, 11) is 1.49. The maximum Gasteiger partial charge on any atom is 0.163 e. The second-order valence-electron chi connectivity index (χ2n) is 4.66. The highest BCUT2D eigenvalue weighted by Gasteiger charge is 2.18. The van der Waals surface area contributed by atoms with Gasteiger partial charge in [-0.05, 0) is 17.2 Å². The molecule has 1 aromatic heterocycles. The van der Waals surface area contributed by atoms with Gasteiger partial charge in [0.2, 0.25) is 0 Å². The van der Waals surface area contributed by atoms with Gasteiger partial charge in [-0.2, -0.15) is 0 Å². The summed E-state index contributed by atoms with van der Waals surface area (Å²) in [5.74, 6) is 0.389. The van der Waals surface area contributed by atoms with Crippen LogP contribution in [0.1, 0.15) is 0 Å². The van der Waals surface area contributed by atoms with E-state index in [4.69, 9.17) is 33.5 Å². The van der Waals surface area contributed by atoms with E-state index in [1.54, 1.807) is 12.1 Å². The molecule has 1 heterocycles. The van der Waals surface area contributed by atoms with Crippen LogP contribution < -0.4 is 4.74 Å². The van der Waals surface area contributed by atoms with Gasteiger partial charge < -0.3 is 4.74 Å². The smallest absolute Gasteiger partial charge is 0.163 e. The number of nitrogens with zero attached hydrogens (tertiary/aromatic N) is 4. The van der Waals surface area contributed by atoms with Gasteiger partial charge in [0.25, 0.3) is 0 Å². The maximum atomic E-state index is 8.96. The second-order valence-corrected chi connectivity index (χ2v) is 5.42. The Hall–Kier alpha value is -2.46. The molecule has 0 aliphatic heterocycles. The number of pyridine rings is 1. The fraction of sp³-hybridized carbons (Fsp3) is 0.0625. The highest BCUT2D eigenvalue weighted by molar-refractivity contribution is 6.35. The Morgan fingerprint density at radius 2 is 1.87 bits per heavy atom. The van der Waals surface area contributed by atoms with Crippen LogP contribution in [0.2, 0.25) is 10.2 Å². The lowest BCUT2D eigenvalue weighted by atomic mass is 10.0. The number of halogens is 2. The van der Waals surface area contributed by atoms with Crippen molar-refractivity contribution in [3.8, 4) is 16.9 Å². The zero-order valence-electron chi connectivity index (χ0n) is 12.0. The van der Waals surface area contributed by atoms with E-state index in [9.17, 15) is 0 Å². The predicted octanol–water partition coefficient (Wildman–Crippen LogP) is 6.16. The molecule has 7 heteroatoms. The van der Waals surface area contributed by atoms with Crippen LogP contribution in [0.15, 0.2) is 47.6 Å². The summed E-state index contributed by atoms with van der Waals surface area (Å²) in [6.45, 7) is 0. The third kappa shape index (κ3) is 2.66. The fourth-order valence-corrected chi connectivity index (χ4v) is 2.95. The minimum Gasteiger partial charge on any atom is -0.493 e. The minimum absolute atomic E-state index is 0.215. The first-order valence-electron chi connectivity index (χ1n) is 6.63. The first kappa shape index (κ1) is 15.4. The van der Waals surface area contributed by atoms with Crippen molar-refractivity contribution < 1.29 is 4.74 Å². The van der Waals surface area contributed by atoms with Crippen LogP contribution in [-0.2, 0) is 0 Å². The normalized spacial score (nSPS) is 10.4. The van der Waals surface area contributed by atoms with E-state index in [0.717, 1.165) is 5.56 Å². The molecule has 3 aromatic rings. The van der Waals surface area contributed by atoms with Crippen LogP contribution >= 0.6 is 23.2 Å². The Labute approximate surface area is 142 Å². The molecule has 0 atom stereocenters. The number of fused-ring (bicyclic) bond motifs is 1. The number of benzene rings is 2. The Morgan fingerprint density at radius 1 is 1.13 bits per heavy atom. The average molecular weight is 345 g/mol. The van der Waals surface area contributed by atoms with E-state index in [0.29, 0.717) is 32.9 Å². The molecular formula is C16H10Cl2N4O. The van der Waals surface area contributed by atoms with Crippen LogP contribution in [0.5, 0.6) is 5.75 Å². The van der Waals surface area contributed by atoms with Gasteiger partial charge in [0.1, 0.15) is 10.7 Å². The molecule has 0 radical (unpaired) electrons. The van der Waals surface area contributed by atoms with E-state index >= 15 is 0 Å². The molecule has 114 valence electrons. The van der Waals surface area contributed by atoms with Gasteiger partial charge in [-0.15, -0.1) is 0 Å². The zero-order chi connectivity index (χ0) is 16.4. The summed E-state index contributed by atoms with van der Waals surface area (Å²) >= 11 is 12.5. The number of hydrogen-bond donors (Lipinski definition) is 0. The molecule has 5 nitrogen and oxygen atoms in total. The Kier molecular flexibility index (Phi) is 4.26. The van der Waals surface area contributed by atoms with Crippen LogP contribution in [0, 0.1) is 0 Å². The summed E-state index contributed by atoms with van der Waals surface area (Å²) in [5.41, 5.74) is 11.2.